The number of methoxy groups -OCH3 is 1. The molecule has 20 heavy (non-hydrogen) atoms. The highest BCUT2D eigenvalue weighted by Gasteiger charge is 2.22. The molecule has 5 heteroatoms. The Balaban J connectivity index is 0.00000200. The van der Waals surface area contributed by atoms with Crippen LogP contribution in [-0.4, -0.2) is 37.6 Å². The van der Waals surface area contributed by atoms with Crippen LogP contribution in [-0.2, 0) is 11.2 Å². The van der Waals surface area contributed by atoms with Crippen molar-refractivity contribution in [1.82, 2.24) is 4.90 Å². The zero-order chi connectivity index (χ0) is 13.7. The fourth-order valence-corrected chi connectivity index (χ4v) is 2.70. The van der Waals surface area contributed by atoms with E-state index in [9.17, 15) is 4.79 Å². The summed E-state index contributed by atoms with van der Waals surface area (Å²) < 4.78 is 5.38. The van der Waals surface area contributed by atoms with E-state index in [1.54, 1.807) is 7.11 Å². The molecule has 1 fully saturated rings. The van der Waals surface area contributed by atoms with E-state index < -0.39 is 0 Å². The third-order valence-corrected chi connectivity index (χ3v) is 3.84. The molecule has 0 atom stereocenters. The third-order valence-electron chi connectivity index (χ3n) is 3.84. The maximum absolute atomic E-state index is 11.5. The van der Waals surface area contributed by atoms with E-state index in [-0.39, 0.29) is 24.9 Å². The van der Waals surface area contributed by atoms with Gasteiger partial charge in [-0.3, -0.25) is 4.79 Å². The van der Waals surface area contributed by atoms with Crippen molar-refractivity contribution < 1.29 is 9.53 Å². The van der Waals surface area contributed by atoms with Gasteiger partial charge >= 0.3 is 0 Å². The van der Waals surface area contributed by atoms with Crippen molar-refractivity contribution in [3.8, 4) is 5.75 Å². The number of benzene rings is 1. The van der Waals surface area contributed by atoms with Crippen LogP contribution >= 0.6 is 12.4 Å². The highest BCUT2D eigenvalue weighted by atomic mass is 35.5. The van der Waals surface area contributed by atoms with Gasteiger partial charge in [-0.2, -0.15) is 0 Å². The number of likely N-dealkylation sites (tertiary alicyclic amines) is 1. The monoisotopic (exact) mass is 298 g/mol. The normalized spacial score (nSPS) is 15.6. The summed E-state index contributed by atoms with van der Waals surface area (Å²) in [5.74, 6) is 1.65. The number of piperidine rings is 1. The number of nitrogens with two attached hydrogens (primary N) is 1. The van der Waals surface area contributed by atoms with Gasteiger partial charge in [-0.05, 0) is 36.8 Å². The van der Waals surface area contributed by atoms with Gasteiger partial charge in [0.25, 0.3) is 0 Å². The van der Waals surface area contributed by atoms with Gasteiger partial charge in [0.05, 0.1) is 13.7 Å². The smallest absolute Gasteiger partial charge is 0.236 e. The van der Waals surface area contributed by atoms with Crippen molar-refractivity contribution in [3.05, 3.63) is 29.8 Å². The largest absolute Gasteiger partial charge is 0.496 e. The van der Waals surface area contributed by atoms with Gasteiger partial charge in [0, 0.05) is 13.1 Å². The van der Waals surface area contributed by atoms with E-state index in [0.717, 1.165) is 38.1 Å². The minimum Gasteiger partial charge on any atom is -0.496 e. The van der Waals surface area contributed by atoms with E-state index in [2.05, 4.69) is 6.07 Å². The second kappa shape index (κ2) is 8.12. The van der Waals surface area contributed by atoms with Crippen LogP contribution in [0.25, 0.3) is 0 Å². The topological polar surface area (TPSA) is 55.6 Å². The zero-order valence-corrected chi connectivity index (χ0v) is 12.7. The average molecular weight is 299 g/mol. The molecule has 0 aromatic heterocycles. The van der Waals surface area contributed by atoms with Crippen molar-refractivity contribution in [2.75, 3.05) is 26.7 Å². The van der Waals surface area contributed by atoms with Gasteiger partial charge in [0.2, 0.25) is 5.91 Å². The first-order valence-corrected chi connectivity index (χ1v) is 6.84. The van der Waals surface area contributed by atoms with Gasteiger partial charge in [0.15, 0.2) is 0 Å². The molecule has 1 aromatic carbocycles. The summed E-state index contributed by atoms with van der Waals surface area (Å²) in [4.78, 5) is 13.4. The first kappa shape index (κ1) is 16.8. The van der Waals surface area contributed by atoms with Gasteiger partial charge in [-0.1, -0.05) is 18.2 Å². The Kier molecular flexibility index (Phi) is 6.82. The first-order valence-electron chi connectivity index (χ1n) is 6.84. The predicted molar refractivity (Wildman–Crippen MR) is 82.3 cm³/mol. The molecule has 1 aliphatic rings. The van der Waals surface area contributed by atoms with Crippen LogP contribution in [0.15, 0.2) is 24.3 Å². The Morgan fingerprint density at radius 2 is 2.00 bits per heavy atom. The number of halogens is 1. The summed E-state index contributed by atoms with van der Waals surface area (Å²) in [5, 5.41) is 0. The minimum atomic E-state index is 0. The number of carbonyl (C=O) groups excluding carboxylic acids is 1. The van der Waals surface area contributed by atoms with Crippen LogP contribution in [0, 0.1) is 5.92 Å². The molecule has 1 saturated heterocycles. The molecule has 0 spiro atoms. The maximum Gasteiger partial charge on any atom is 0.236 e. The van der Waals surface area contributed by atoms with Crippen LogP contribution < -0.4 is 10.5 Å². The maximum atomic E-state index is 11.5. The Morgan fingerprint density at radius 3 is 2.60 bits per heavy atom. The summed E-state index contributed by atoms with van der Waals surface area (Å²) in [6, 6.07) is 8.16. The first-order chi connectivity index (χ1) is 9.24. The highest BCUT2D eigenvalue weighted by Crippen LogP contribution is 2.26. The lowest BCUT2D eigenvalue weighted by atomic mass is 9.90. The van der Waals surface area contributed by atoms with Crippen molar-refractivity contribution in [2.45, 2.75) is 19.3 Å². The van der Waals surface area contributed by atoms with Gasteiger partial charge in [-0.25, -0.2) is 0 Å². The fraction of sp³-hybridized carbons (Fsp3) is 0.533. The van der Waals surface area contributed by atoms with E-state index in [1.165, 1.54) is 5.56 Å². The van der Waals surface area contributed by atoms with E-state index >= 15 is 0 Å². The Labute approximate surface area is 126 Å². The number of hydrogen-bond donors (Lipinski definition) is 1. The van der Waals surface area contributed by atoms with Crippen LogP contribution in [0.5, 0.6) is 5.75 Å². The lowest BCUT2D eigenvalue weighted by Crippen LogP contribution is -2.41. The number of rotatable bonds is 4. The molecule has 0 unspecified atom stereocenters. The molecular weight excluding hydrogens is 276 g/mol. The van der Waals surface area contributed by atoms with Crippen LogP contribution in [0.3, 0.4) is 0 Å². The molecule has 0 saturated carbocycles. The molecular formula is C15H23ClN2O2. The predicted octanol–water partition coefficient (Wildman–Crippen LogP) is 1.86. The SMILES string of the molecule is COc1ccccc1CC1CCN(C(=O)CN)CC1.Cl. The number of ether oxygens (including phenoxy) is 1. The Hall–Kier alpha value is -1.26. The molecule has 2 rings (SSSR count). The van der Waals surface area contributed by atoms with Crippen molar-refractivity contribution in [1.29, 1.82) is 0 Å². The summed E-state index contributed by atoms with van der Waals surface area (Å²) >= 11 is 0. The summed E-state index contributed by atoms with van der Waals surface area (Å²) in [7, 11) is 1.71. The molecule has 112 valence electrons. The highest BCUT2D eigenvalue weighted by molar-refractivity contribution is 5.85. The van der Waals surface area contributed by atoms with Crippen LogP contribution in [0.1, 0.15) is 18.4 Å². The molecule has 0 bridgehead atoms. The van der Waals surface area contributed by atoms with Crippen molar-refractivity contribution >= 4 is 18.3 Å². The molecule has 0 aliphatic carbocycles. The number of para-hydroxylation sites is 1. The van der Waals surface area contributed by atoms with Crippen molar-refractivity contribution in [2.24, 2.45) is 11.7 Å². The second-order valence-electron chi connectivity index (χ2n) is 5.04. The quantitative estimate of drug-likeness (QED) is 0.923. The summed E-state index contributed by atoms with van der Waals surface area (Å²) in [6.45, 7) is 1.78. The van der Waals surface area contributed by atoms with Gasteiger partial charge in [-0.15, -0.1) is 12.4 Å². The Morgan fingerprint density at radius 1 is 1.35 bits per heavy atom. The van der Waals surface area contributed by atoms with E-state index in [0.29, 0.717) is 5.92 Å². The van der Waals surface area contributed by atoms with Crippen molar-refractivity contribution in [3.63, 3.8) is 0 Å². The molecule has 1 aromatic rings. The number of nitrogens with zero attached hydrogens (tertiary/aromatic N) is 1. The second-order valence-corrected chi connectivity index (χ2v) is 5.04. The molecule has 1 aliphatic heterocycles. The van der Waals surface area contributed by atoms with E-state index in [1.807, 2.05) is 23.1 Å². The molecule has 2 N–H and O–H groups in total. The molecule has 0 radical (unpaired) electrons. The number of amides is 1. The molecule has 4 nitrogen and oxygen atoms in total. The molecule has 1 heterocycles. The van der Waals surface area contributed by atoms with Crippen LogP contribution in [0.4, 0.5) is 0 Å². The lowest BCUT2D eigenvalue weighted by Gasteiger charge is -2.32. The number of carbonyl (C=O) groups is 1. The van der Waals surface area contributed by atoms with Gasteiger partial charge in [0.1, 0.15) is 5.75 Å². The molecule has 1 amide bonds. The Bertz CT molecular complexity index is 432. The van der Waals surface area contributed by atoms with E-state index in [4.69, 9.17) is 10.5 Å². The van der Waals surface area contributed by atoms with Crippen LogP contribution in [0.2, 0.25) is 0 Å². The third kappa shape index (κ3) is 4.12. The number of hydrogen-bond acceptors (Lipinski definition) is 3. The fourth-order valence-electron chi connectivity index (χ4n) is 2.70. The minimum absolute atomic E-state index is 0. The summed E-state index contributed by atoms with van der Waals surface area (Å²) in [6.07, 6.45) is 3.11. The zero-order valence-electron chi connectivity index (χ0n) is 11.9. The lowest BCUT2D eigenvalue weighted by molar-refractivity contribution is -0.131. The standard InChI is InChI=1S/C15H22N2O2.ClH/c1-19-14-5-3-2-4-13(14)10-12-6-8-17(9-7-12)15(18)11-16;/h2-5,12H,6-11,16H2,1H3;1H. The average Bonchev–Trinajstić information content (AvgIpc) is 2.48. The van der Waals surface area contributed by atoms with Gasteiger partial charge < -0.3 is 15.4 Å². The summed E-state index contributed by atoms with van der Waals surface area (Å²) in [5.41, 5.74) is 6.65.